The summed E-state index contributed by atoms with van der Waals surface area (Å²) < 4.78 is 0. The van der Waals surface area contributed by atoms with E-state index in [1.165, 1.54) is 4.91 Å². The van der Waals surface area contributed by atoms with Gasteiger partial charge in [-0.2, -0.15) is 0 Å². The zero-order chi connectivity index (χ0) is 27.6. The standard InChI is InChI=1S/C30H41N7OS/c1-20(2)28-34-33-26-16-15-23(19-36(26)28)39-24-14-10-9-11-21(24)18-31-29(38)32-27-17-25(30(3,4)5)35-37(27)22-12-7-6-8-13-22/h6-16,20,25,27-28,33-35H,17-19H2,1-5H3,(H2,31,32,38). The molecule has 0 bridgehead atoms. The first-order valence-electron chi connectivity index (χ1n) is 13.8. The lowest BCUT2D eigenvalue weighted by Crippen LogP contribution is -2.51. The summed E-state index contributed by atoms with van der Waals surface area (Å²) in [6.45, 7) is 12.4. The van der Waals surface area contributed by atoms with Crippen LogP contribution in [0, 0.1) is 11.3 Å². The molecule has 3 heterocycles. The van der Waals surface area contributed by atoms with Crippen molar-refractivity contribution in [3.05, 3.63) is 83.0 Å². The van der Waals surface area contributed by atoms with E-state index in [4.69, 9.17) is 0 Å². The molecule has 0 radical (unpaired) electrons. The van der Waals surface area contributed by atoms with Crippen LogP contribution in [0.2, 0.25) is 0 Å². The number of rotatable bonds is 7. The molecule has 2 amide bonds. The van der Waals surface area contributed by atoms with Crippen LogP contribution in [0.1, 0.15) is 46.6 Å². The van der Waals surface area contributed by atoms with E-state index in [2.05, 4.69) is 114 Å². The maximum Gasteiger partial charge on any atom is 0.316 e. The van der Waals surface area contributed by atoms with E-state index in [1.54, 1.807) is 11.8 Å². The van der Waals surface area contributed by atoms with Crippen LogP contribution in [0.15, 0.2) is 82.4 Å². The van der Waals surface area contributed by atoms with E-state index in [0.717, 1.165) is 34.9 Å². The molecule has 2 fully saturated rings. The first-order valence-corrected chi connectivity index (χ1v) is 14.6. The van der Waals surface area contributed by atoms with Crippen LogP contribution in [0.4, 0.5) is 10.5 Å². The van der Waals surface area contributed by atoms with E-state index < -0.39 is 0 Å². The minimum absolute atomic E-state index is 0.0657. The number of benzene rings is 2. The average molecular weight is 548 g/mol. The van der Waals surface area contributed by atoms with E-state index in [1.807, 2.05) is 24.3 Å². The molecule has 0 saturated carbocycles. The van der Waals surface area contributed by atoms with E-state index in [0.29, 0.717) is 12.5 Å². The second kappa shape index (κ2) is 11.5. The van der Waals surface area contributed by atoms with Crippen LogP contribution in [-0.2, 0) is 6.54 Å². The minimum Gasteiger partial charge on any atom is -0.335 e. The number of amides is 2. The van der Waals surface area contributed by atoms with Crippen LogP contribution in [-0.4, -0.2) is 35.8 Å². The molecule has 5 N–H and O–H groups in total. The number of nitrogens with one attached hydrogen (secondary N) is 5. The number of carbonyl (C=O) groups excluding carboxylic acids is 1. The maximum absolute atomic E-state index is 13.1. The Morgan fingerprint density at radius 3 is 2.56 bits per heavy atom. The van der Waals surface area contributed by atoms with Gasteiger partial charge in [-0.3, -0.25) is 5.01 Å². The minimum atomic E-state index is -0.171. The number of para-hydroxylation sites is 1. The second-order valence-electron chi connectivity index (χ2n) is 11.8. The summed E-state index contributed by atoms with van der Waals surface area (Å²) in [5, 5.41) is 8.40. The van der Waals surface area contributed by atoms with Crippen molar-refractivity contribution in [2.45, 2.75) is 70.9 Å². The van der Waals surface area contributed by atoms with Gasteiger partial charge in [0.1, 0.15) is 18.2 Å². The van der Waals surface area contributed by atoms with Gasteiger partial charge in [0, 0.05) is 28.8 Å². The van der Waals surface area contributed by atoms with Gasteiger partial charge in [-0.15, -0.1) is 0 Å². The highest BCUT2D eigenvalue weighted by Gasteiger charge is 2.39. The van der Waals surface area contributed by atoms with Gasteiger partial charge in [0.2, 0.25) is 0 Å². The predicted molar refractivity (Wildman–Crippen MR) is 159 cm³/mol. The summed E-state index contributed by atoms with van der Waals surface area (Å²) in [5.74, 6) is 1.60. The molecule has 0 aliphatic carbocycles. The fourth-order valence-corrected chi connectivity index (χ4v) is 6.22. The topological polar surface area (TPSA) is 83.7 Å². The lowest BCUT2D eigenvalue weighted by atomic mass is 9.85. The summed E-state index contributed by atoms with van der Waals surface area (Å²) in [6.07, 6.45) is 5.25. The molecule has 3 atom stereocenters. The molecule has 2 aromatic rings. The largest absolute Gasteiger partial charge is 0.335 e. The number of fused-ring (bicyclic) bond motifs is 1. The van der Waals surface area contributed by atoms with Gasteiger partial charge in [0.25, 0.3) is 0 Å². The van der Waals surface area contributed by atoms with Crippen LogP contribution < -0.4 is 31.9 Å². The number of anilines is 1. The molecule has 3 unspecified atom stereocenters. The van der Waals surface area contributed by atoms with Crippen LogP contribution in [0.25, 0.3) is 0 Å². The fraction of sp³-hybridized carbons (Fsp3) is 0.433. The van der Waals surface area contributed by atoms with Crippen LogP contribution in [0.5, 0.6) is 0 Å². The number of allylic oxidation sites excluding steroid dienone is 2. The Morgan fingerprint density at radius 2 is 1.82 bits per heavy atom. The molecule has 3 aliphatic heterocycles. The van der Waals surface area contributed by atoms with E-state index in [9.17, 15) is 4.79 Å². The molecule has 9 heteroatoms. The molecule has 0 aromatic heterocycles. The third kappa shape index (κ3) is 6.37. The van der Waals surface area contributed by atoms with E-state index >= 15 is 0 Å². The van der Waals surface area contributed by atoms with Crippen molar-refractivity contribution < 1.29 is 4.79 Å². The number of nitrogens with zero attached hydrogens (tertiary/aromatic N) is 2. The predicted octanol–water partition coefficient (Wildman–Crippen LogP) is 4.86. The molecule has 0 spiro atoms. The highest BCUT2D eigenvalue weighted by Crippen LogP contribution is 2.35. The molecule has 2 aromatic carbocycles. The van der Waals surface area contributed by atoms with Crippen molar-refractivity contribution in [2.24, 2.45) is 11.3 Å². The number of hydrazine groups is 2. The molecule has 2 saturated heterocycles. The molecular formula is C30H41N7OS. The van der Waals surface area contributed by atoms with Gasteiger partial charge in [-0.05, 0) is 47.2 Å². The Bertz CT molecular complexity index is 1220. The third-order valence-electron chi connectivity index (χ3n) is 7.47. The van der Waals surface area contributed by atoms with Crippen LogP contribution >= 0.6 is 11.8 Å². The molecule has 8 nitrogen and oxygen atoms in total. The summed E-state index contributed by atoms with van der Waals surface area (Å²) in [4.78, 5) is 17.9. The normalized spacial score (nSPS) is 22.8. The molecule has 3 aliphatic rings. The van der Waals surface area contributed by atoms with E-state index in [-0.39, 0.29) is 29.8 Å². The van der Waals surface area contributed by atoms with Gasteiger partial charge in [-0.1, -0.05) is 82.8 Å². The van der Waals surface area contributed by atoms with Crippen molar-refractivity contribution in [1.29, 1.82) is 0 Å². The van der Waals surface area contributed by atoms with Crippen molar-refractivity contribution in [2.75, 3.05) is 11.6 Å². The van der Waals surface area contributed by atoms with Crippen LogP contribution in [0.3, 0.4) is 0 Å². The highest BCUT2D eigenvalue weighted by atomic mass is 32.2. The Balaban J connectivity index is 1.21. The monoisotopic (exact) mass is 547 g/mol. The number of thioether (sulfide) groups is 1. The van der Waals surface area contributed by atoms with Crippen molar-refractivity contribution >= 4 is 23.5 Å². The Kier molecular flexibility index (Phi) is 8.11. The summed E-state index contributed by atoms with van der Waals surface area (Å²) in [7, 11) is 0. The first-order chi connectivity index (χ1) is 18.7. The number of urea groups is 1. The van der Waals surface area contributed by atoms with Crippen molar-refractivity contribution in [3.63, 3.8) is 0 Å². The molecule has 39 heavy (non-hydrogen) atoms. The number of carbonyl (C=O) groups is 1. The average Bonchev–Trinajstić information content (AvgIpc) is 3.53. The van der Waals surface area contributed by atoms with Gasteiger partial charge < -0.3 is 21.0 Å². The van der Waals surface area contributed by atoms with Crippen molar-refractivity contribution in [3.8, 4) is 0 Å². The molecule has 5 rings (SSSR count). The molecular weight excluding hydrogens is 506 g/mol. The molecule has 208 valence electrons. The van der Waals surface area contributed by atoms with Gasteiger partial charge in [-0.25, -0.2) is 15.6 Å². The van der Waals surface area contributed by atoms with Crippen molar-refractivity contribution in [1.82, 2.24) is 31.8 Å². The Hall–Kier alpha value is -3.14. The highest BCUT2D eigenvalue weighted by molar-refractivity contribution is 8.03. The first kappa shape index (κ1) is 27.4. The second-order valence-corrected chi connectivity index (χ2v) is 13.0. The SMILES string of the molecule is CC(C)C1NNC2=CC=C(Sc3ccccc3CNC(=O)NC3CC(C(C)(C)C)NN3c3ccccc3)CN21. The fourth-order valence-electron chi connectivity index (χ4n) is 5.18. The maximum atomic E-state index is 13.1. The number of hydrogen-bond acceptors (Lipinski definition) is 7. The lowest BCUT2D eigenvalue weighted by Gasteiger charge is -2.30. The summed E-state index contributed by atoms with van der Waals surface area (Å²) in [6, 6.07) is 18.6. The summed E-state index contributed by atoms with van der Waals surface area (Å²) >= 11 is 1.77. The zero-order valence-corrected chi connectivity index (χ0v) is 24.3. The smallest absolute Gasteiger partial charge is 0.316 e. The Morgan fingerprint density at radius 1 is 1.08 bits per heavy atom. The number of hydrogen-bond donors (Lipinski definition) is 5. The quantitative estimate of drug-likeness (QED) is 0.339. The summed E-state index contributed by atoms with van der Waals surface area (Å²) in [5.41, 5.74) is 12.5. The van der Waals surface area contributed by atoms with Gasteiger partial charge in [0.05, 0.1) is 12.2 Å². The van der Waals surface area contributed by atoms with Gasteiger partial charge in [0.15, 0.2) is 0 Å². The third-order valence-corrected chi connectivity index (χ3v) is 8.62. The van der Waals surface area contributed by atoms with Gasteiger partial charge >= 0.3 is 6.03 Å². The Labute approximate surface area is 236 Å². The zero-order valence-electron chi connectivity index (χ0n) is 23.5. The lowest BCUT2D eigenvalue weighted by molar-refractivity contribution is 0.232.